The Balaban J connectivity index is 1.65. The molecule has 0 aliphatic carbocycles. The van der Waals surface area contributed by atoms with Crippen molar-refractivity contribution >= 4 is 27.5 Å². The lowest BCUT2D eigenvalue weighted by atomic mass is 10.0. The Hall–Kier alpha value is -3.84. The summed E-state index contributed by atoms with van der Waals surface area (Å²) >= 11 is 0. The van der Waals surface area contributed by atoms with E-state index in [-0.39, 0.29) is 48.1 Å². The van der Waals surface area contributed by atoms with E-state index in [1.165, 1.54) is 23.7 Å². The van der Waals surface area contributed by atoms with Crippen LogP contribution in [0.25, 0.3) is 0 Å². The number of anilines is 1. The third-order valence-electron chi connectivity index (χ3n) is 8.14. The number of ether oxygens (including phenoxy) is 2. The fraction of sp³-hybridized carbons (Fsp3) is 0.441. The number of sulfonamides is 1. The van der Waals surface area contributed by atoms with Gasteiger partial charge in [0.1, 0.15) is 5.75 Å². The van der Waals surface area contributed by atoms with E-state index < -0.39 is 28.1 Å². The van der Waals surface area contributed by atoms with Crippen LogP contribution in [-0.4, -0.2) is 91.1 Å². The summed E-state index contributed by atoms with van der Waals surface area (Å²) in [6, 6.07) is 15.8. The van der Waals surface area contributed by atoms with E-state index in [1.807, 2.05) is 13.8 Å². The second-order valence-corrected chi connectivity index (χ2v) is 13.8. The molecule has 2 N–H and O–H groups in total. The number of rotatable bonds is 8. The van der Waals surface area contributed by atoms with Crippen LogP contribution >= 0.6 is 0 Å². The minimum atomic E-state index is -3.77. The number of likely N-dealkylation sites (N-methyl/N-ethyl adjacent to an activating group) is 1. The third kappa shape index (κ3) is 8.91. The van der Waals surface area contributed by atoms with Crippen LogP contribution < -0.4 is 10.1 Å². The summed E-state index contributed by atoms with van der Waals surface area (Å²) in [5.74, 6) is -0.682. The van der Waals surface area contributed by atoms with Crippen molar-refractivity contribution in [1.82, 2.24) is 14.2 Å². The quantitative estimate of drug-likeness (QED) is 0.364. The minimum Gasteiger partial charge on any atom is -0.490 e. The average Bonchev–Trinajstić information content (AvgIpc) is 3.06. The highest BCUT2D eigenvalue weighted by Crippen LogP contribution is 2.29. The maximum atomic E-state index is 14.3. The molecule has 4 rings (SSSR count). The number of hydrogen-bond donors (Lipinski definition) is 2. The van der Waals surface area contributed by atoms with Gasteiger partial charge in [0.05, 0.1) is 35.3 Å². The summed E-state index contributed by atoms with van der Waals surface area (Å²) in [4.78, 5) is 32.9. The van der Waals surface area contributed by atoms with Crippen molar-refractivity contribution in [2.45, 2.75) is 63.2 Å². The molecule has 11 nitrogen and oxygen atoms in total. The van der Waals surface area contributed by atoms with E-state index in [0.29, 0.717) is 30.0 Å². The van der Waals surface area contributed by atoms with Crippen LogP contribution in [0.3, 0.4) is 0 Å². The second kappa shape index (κ2) is 16.1. The molecule has 1 aliphatic rings. The minimum absolute atomic E-state index is 0.0786. The molecule has 0 fully saturated rings. The van der Waals surface area contributed by atoms with E-state index in [4.69, 9.17) is 9.47 Å². The standard InChI is InChI=1S/C34H44N4O7S/c1-24-21-38(25(2)23-39)34(41)30-20-28(36-33(40)27-15-17-35-18-16-27)13-14-31(30)45-26(3)10-8-9-19-44-32(24)22-37(4)46(42,43)29-11-6-5-7-12-29/h5-7,11-18,20,24-26,32,39H,8-10,19,21-23H2,1-4H3,(H,36,40)/t24-,25+,26-,32+/m0/s1. The lowest BCUT2D eigenvalue weighted by Crippen LogP contribution is -2.48. The van der Waals surface area contributed by atoms with Crippen LogP contribution in [0.2, 0.25) is 0 Å². The number of hydrogen-bond acceptors (Lipinski definition) is 8. The highest BCUT2D eigenvalue weighted by molar-refractivity contribution is 7.89. The maximum absolute atomic E-state index is 14.3. The fourth-order valence-corrected chi connectivity index (χ4v) is 6.50. The molecule has 0 saturated carbocycles. The van der Waals surface area contributed by atoms with E-state index in [2.05, 4.69) is 10.3 Å². The number of aliphatic hydroxyl groups is 1. The normalized spacial score (nSPS) is 20.7. The number of aliphatic hydroxyl groups excluding tert-OH is 1. The van der Waals surface area contributed by atoms with Gasteiger partial charge >= 0.3 is 0 Å². The van der Waals surface area contributed by atoms with E-state index in [1.54, 1.807) is 72.5 Å². The molecule has 2 aromatic carbocycles. The Morgan fingerprint density at radius 2 is 1.83 bits per heavy atom. The molecule has 0 bridgehead atoms. The summed E-state index contributed by atoms with van der Waals surface area (Å²) in [6.45, 7) is 5.96. The van der Waals surface area contributed by atoms with Gasteiger partial charge in [-0.15, -0.1) is 0 Å². The summed E-state index contributed by atoms with van der Waals surface area (Å²) in [5, 5.41) is 13.0. The van der Waals surface area contributed by atoms with Crippen molar-refractivity contribution in [3.8, 4) is 5.75 Å². The summed E-state index contributed by atoms with van der Waals surface area (Å²) in [6.07, 6.45) is 4.55. The van der Waals surface area contributed by atoms with Gasteiger partial charge in [0.2, 0.25) is 10.0 Å². The Morgan fingerprint density at radius 3 is 2.52 bits per heavy atom. The van der Waals surface area contributed by atoms with Gasteiger partial charge in [-0.2, -0.15) is 4.31 Å². The van der Waals surface area contributed by atoms with Gasteiger partial charge in [0.25, 0.3) is 11.8 Å². The first kappa shape index (κ1) is 35.0. The van der Waals surface area contributed by atoms with Crippen molar-refractivity contribution in [2.75, 3.05) is 38.7 Å². The van der Waals surface area contributed by atoms with Gasteiger partial charge in [-0.3, -0.25) is 14.6 Å². The van der Waals surface area contributed by atoms with Crippen LogP contribution in [0.15, 0.2) is 78.0 Å². The molecule has 2 heterocycles. The molecule has 0 spiro atoms. The monoisotopic (exact) mass is 652 g/mol. The van der Waals surface area contributed by atoms with Gasteiger partial charge < -0.3 is 24.8 Å². The fourth-order valence-electron chi connectivity index (χ4n) is 5.29. The number of carbonyl (C=O) groups excluding carboxylic acids is 2. The van der Waals surface area contributed by atoms with Crippen molar-refractivity contribution in [3.63, 3.8) is 0 Å². The van der Waals surface area contributed by atoms with E-state index in [9.17, 15) is 23.1 Å². The molecule has 2 amide bonds. The zero-order valence-electron chi connectivity index (χ0n) is 26.8. The Morgan fingerprint density at radius 1 is 1.11 bits per heavy atom. The van der Waals surface area contributed by atoms with Gasteiger partial charge in [0.15, 0.2) is 0 Å². The average molecular weight is 653 g/mol. The van der Waals surface area contributed by atoms with Gasteiger partial charge in [0, 0.05) is 56.3 Å². The maximum Gasteiger partial charge on any atom is 0.258 e. The molecule has 0 radical (unpaired) electrons. The zero-order valence-corrected chi connectivity index (χ0v) is 27.7. The lowest BCUT2D eigenvalue weighted by Gasteiger charge is -2.35. The van der Waals surface area contributed by atoms with Crippen LogP contribution in [0.5, 0.6) is 5.75 Å². The van der Waals surface area contributed by atoms with Crippen molar-refractivity contribution in [1.29, 1.82) is 0 Å². The van der Waals surface area contributed by atoms with Gasteiger partial charge in [-0.05, 0) is 75.6 Å². The van der Waals surface area contributed by atoms with Crippen LogP contribution in [0.4, 0.5) is 5.69 Å². The predicted molar refractivity (Wildman–Crippen MR) is 175 cm³/mol. The SMILES string of the molecule is C[C@H](CO)N1C[C@H](C)[C@@H](CN(C)S(=O)(=O)c2ccccc2)OCCCC[C@H](C)Oc2ccc(NC(=O)c3ccncc3)cc2C1=O. The number of nitrogens with one attached hydrogen (secondary N) is 1. The van der Waals surface area contributed by atoms with Gasteiger partial charge in [-0.25, -0.2) is 8.42 Å². The molecular weight excluding hydrogens is 608 g/mol. The van der Waals surface area contributed by atoms with E-state index >= 15 is 0 Å². The second-order valence-electron chi connectivity index (χ2n) is 11.8. The number of amides is 2. The topological polar surface area (TPSA) is 138 Å². The Labute approximate surface area is 271 Å². The molecule has 3 aromatic rings. The van der Waals surface area contributed by atoms with Crippen LogP contribution in [0.1, 0.15) is 60.7 Å². The summed E-state index contributed by atoms with van der Waals surface area (Å²) in [5.41, 5.74) is 1.07. The molecule has 46 heavy (non-hydrogen) atoms. The number of fused-ring (bicyclic) bond motifs is 1. The molecule has 1 aliphatic heterocycles. The molecular formula is C34H44N4O7S. The highest BCUT2D eigenvalue weighted by atomic mass is 32.2. The number of benzene rings is 2. The Kier molecular flexibility index (Phi) is 12.3. The molecule has 0 saturated heterocycles. The molecule has 12 heteroatoms. The molecule has 248 valence electrons. The largest absolute Gasteiger partial charge is 0.490 e. The number of carbonyl (C=O) groups is 2. The summed E-state index contributed by atoms with van der Waals surface area (Å²) in [7, 11) is -2.24. The first-order chi connectivity index (χ1) is 22.0. The first-order valence-corrected chi connectivity index (χ1v) is 17.0. The molecule has 1 aromatic heterocycles. The van der Waals surface area contributed by atoms with E-state index in [0.717, 1.165) is 12.8 Å². The van der Waals surface area contributed by atoms with Crippen LogP contribution in [-0.2, 0) is 14.8 Å². The van der Waals surface area contributed by atoms with Gasteiger partial charge in [-0.1, -0.05) is 25.1 Å². The van der Waals surface area contributed by atoms with Crippen molar-refractivity contribution in [2.24, 2.45) is 5.92 Å². The summed E-state index contributed by atoms with van der Waals surface area (Å²) < 4.78 is 40.5. The van der Waals surface area contributed by atoms with Crippen molar-refractivity contribution < 1.29 is 32.6 Å². The first-order valence-electron chi connectivity index (χ1n) is 15.6. The number of aromatic nitrogens is 1. The lowest BCUT2D eigenvalue weighted by molar-refractivity contribution is -0.00834. The molecule has 4 atom stereocenters. The smallest absolute Gasteiger partial charge is 0.258 e. The van der Waals surface area contributed by atoms with Crippen LogP contribution in [0, 0.1) is 5.92 Å². The van der Waals surface area contributed by atoms with Crippen molar-refractivity contribution in [3.05, 3.63) is 84.2 Å². The molecule has 0 unspecified atom stereocenters. The Bertz CT molecular complexity index is 1560. The highest BCUT2D eigenvalue weighted by Gasteiger charge is 2.32. The number of nitrogens with zero attached hydrogens (tertiary/aromatic N) is 3. The zero-order chi connectivity index (χ0) is 33.3. The number of pyridine rings is 1. The predicted octanol–water partition coefficient (Wildman–Crippen LogP) is 4.45. The third-order valence-corrected chi connectivity index (χ3v) is 9.98.